The first kappa shape index (κ1) is 20.1. The minimum absolute atomic E-state index is 0.00881. The molecular formula is C23H23N3O3S. The minimum atomic E-state index is -0.181. The summed E-state index contributed by atoms with van der Waals surface area (Å²) in [7, 11) is 1.63. The summed E-state index contributed by atoms with van der Waals surface area (Å²) < 4.78 is 7.29. The highest BCUT2D eigenvalue weighted by atomic mass is 32.2. The molecule has 2 heterocycles. The molecule has 0 spiro atoms. The van der Waals surface area contributed by atoms with Gasteiger partial charge in [0.1, 0.15) is 12.3 Å². The number of amides is 2. The fourth-order valence-electron chi connectivity index (χ4n) is 3.47. The number of anilines is 1. The van der Waals surface area contributed by atoms with E-state index in [4.69, 9.17) is 4.74 Å². The third kappa shape index (κ3) is 4.36. The predicted molar refractivity (Wildman–Crippen MR) is 119 cm³/mol. The Kier molecular flexibility index (Phi) is 6.09. The first-order valence-corrected chi connectivity index (χ1v) is 10.7. The molecular weight excluding hydrogens is 398 g/mol. The van der Waals surface area contributed by atoms with Crippen LogP contribution in [-0.2, 0) is 16.0 Å². The van der Waals surface area contributed by atoms with Gasteiger partial charge >= 0.3 is 0 Å². The highest BCUT2D eigenvalue weighted by Crippen LogP contribution is 2.32. The summed E-state index contributed by atoms with van der Waals surface area (Å²) in [6.07, 6.45) is 2.67. The Hall–Kier alpha value is -3.19. The lowest BCUT2D eigenvalue weighted by Gasteiger charge is -2.27. The molecule has 0 radical (unpaired) electrons. The summed E-state index contributed by atoms with van der Waals surface area (Å²) in [6, 6.07) is 19.4. The Morgan fingerprint density at radius 3 is 2.77 bits per heavy atom. The summed E-state index contributed by atoms with van der Waals surface area (Å²) >= 11 is 1.48. The van der Waals surface area contributed by atoms with Crippen LogP contribution in [-0.4, -0.2) is 42.3 Å². The molecule has 0 bridgehead atoms. The SMILES string of the molecule is COc1cccc(CCNC(=O)CN2C(=O)CSc3cccn3-c3ccccc32)c1. The van der Waals surface area contributed by atoms with Crippen molar-refractivity contribution >= 4 is 29.3 Å². The van der Waals surface area contributed by atoms with Crippen LogP contribution in [0.15, 0.2) is 71.9 Å². The largest absolute Gasteiger partial charge is 0.497 e. The van der Waals surface area contributed by atoms with Gasteiger partial charge in [-0.2, -0.15) is 0 Å². The molecule has 2 amide bonds. The van der Waals surface area contributed by atoms with Crippen molar-refractivity contribution in [1.82, 2.24) is 9.88 Å². The quantitative estimate of drug-likeness (QED) is 0.664. The maximum Gasteiger partial charge on any atom is 0.240 e. The molecule has 6 nitrogen and oxygen atoms in total. The molecule has 0 fully saturated rings. The number of ether oxygens (including phenoxy) is 1. The molecule has 0 unspecified atom stereocenters. The van der Waals surface area contributed by atoms with Crippen molar-refractivity contribution in [2.75, 3.05) is 30.9 Å². The number of nitrogens with zero attached hydrogens (tertiary/aromatic N) is 2. The minimum Gasteiger partial charge on any atom is -0.497 e. The molecule has 1 N–H and O–H groups in total. The molecule has 1 aliphatic heterocycles. The zero-order chi connectivity index (χ0) is 20.9. The van der Waals surface area contributed by atoms with E-state index in [0.29, 0.717) is 13.0 Å². The maximum atomic E-state index is 12.9. The summed E-state index contributed by atoms with van der Waals surface area (Å²) in [6.45, 7) is 0.483. The smallest absolute Gasteiger partial charge is 0.240 e. The average Bonchev–Trinajstić information content (AvgIpc) is 3.23. The molecule has 4 rings (SSSR count). The van der Waals surface area contributed by atoms with E-state index < -0.39 is 0 Å². The second-order valence-corrected chi connectivity index (χ2v) is 7.92. The normalized spacial score (nSPS) is 13.1. The van der Waals surface area contributed by atoms with Crippen molar-refractivity contribution in [3.63, 3.8) is 0 Å². The standard InChI is InChI=1S/C23H23N3O3S/c1-29-18-7-4-6-17(14-18)11-12-24-21(27)15-26-20-9-3-2-8-19(20)25-13-5-10-23(25)30-16-22(26)28/h2-10,13-14H,11-12,15-16H2,1H3,(H,24,27). The van der Waals surface area contributed by atoms with Gasteiger partial charge in [0.15, 0.2) is 0 Å². The van der Waals surface area contributed by atoms with Crippen molar-refractivity contribution in [1.29, 1.82) is 0 Å². The van der Waals surface area contributed by atoms with Crippen LogP contribution in [0, 0.1) is 0 Å². The van der Waals surface area contributed by atoms with E-state index in [9.17, 15) is 9.59 Å². The van der Waals surface area contributed by atoms with Crippen molar-refractivity contribution in [3.05, 3.63) is 72.4 Å². The van der Waals surface area contributed by atoms with Crippen LogP contribution < -0.4 is 15.0 Å². The number of hydrogen-bond donors (Lipinski definition) is 1. The van der Waals surface area contributed by atoms with Gasteiger partial charge in [0.05, 0.1) is 29.3 Å². The van der Waals surface area contributed by atoms with Gasteiger partial charge in [-0.25, -0.2) is 0 Å². The number of thioether (sulfide) groups is 1. The van der Waals surface area contributed by atoms with E-state index in [1.54, 1.807) is 12.0 Å². The zero-order valence-electron chi connectivity index (χ0n) is 16.7. The molecule has 2 aromatic carbocycles. The van der Waals surface area contributed by atoms with Crippen LogP contribution in [0.4, 0.5) is 5.69 Å². The van der Waals surface area contributed by atoms with Crippen LogP contribution in [0.2, 0.25) is 0 Å². The van der Waals surface area contributed by atoms with Crippen molar-refractivity contribution in [2.24, 2.45) is 0 Å². The Labute approximate surface area is 179 Å². The van der Waals surface area contributed by atoms with E-state index in [2.05, 4.69) is 9.88 Å². The van der Waals surface area contributed by atoms with Gasteiger partial charge < -0.3 is 19.5 Å². The lowest BCUT2D eigenvalue weighted by Crippen LogP contribution is -2.43. The van der Waals surface area contributed by atoms with E-state index in [1.807, 2.05) is 66.9 Å². The van der Waals surface area contributed by atoms with Gasteiger partial charge in [0.25, 0.3) is 0 Å². The van der Waals surface area contributed by atoms with E-state index in [-0.39, 0.29) is 24.1 Å². The van der Waals surface area contributed by atoms with E-state index >= 15 is 0 Å². The molecule has 1 aliphatic rings. The van der Waals surface area contributed by atoms with Crippen LogP contribution >= 0.6 is 11.8 Å². The molecule has 0 saturated carbocycles. The molecule has 154 valence electrons. The van der Waals surface area contributed by atoms with Gasteiger partial charge in [0, 0.05) is 12.7 Å². The third-order valence-electron chi connectivity index (χ3n) is 4.96. The number of para-hydroxylation sites is 2. The summed E-state index contributed by atoms with van der Waals surface area (Å²) in [4.78, 5) is 27.1. The fraction of sp³-hybridized carbons (Fsp3) is 0.217. The topological polar surface area (TPSA) is 63.6 Å². The molecule has 30 heavy (non-hydrogen) atoms. The maximum absolute atomic E-state index is 12.9. The molecule has 7 heteroatoms. The van der Waals surface area contributed by atoms with Gasteiger partial charge in [-0.1, -0.05) is 36.0 Å². The molecule has 0 aliphatic carbocycles. The number of hydrogen-bond acceptors (Lipinski definition) is 4. The third-order valence-corrected chi connectivity index (χ3v) is 5.98. The monoisotopic (exact) mass is 421 g/mol. The van der Waals surface area contributed by atoms with Crippen LogP contribution in [0.1, 0.15) is 5.56 Å². The Morgan fingerprint density at radius 1 is 1.10 bits per heavy atom. The Morgan fingerprint density at radius 2 is 1.93 bits per heavy atom. The summed E-state index contributed by atoms with van der Waals surface area (Å²) in [5, 5.41) is 3.94. The lowest BCUT2D eigenvalue weighted by atomic mass is 10.1. The van der Waals surface area contributed by atoms with Crippen LogP contribution in [0.25, 0.3) is 5.69 Å². The van der Waals surface area contributed by atoms with E-state index in [1.165, 1.54) is 11.8 Å². The van der Waals surface area contributed by atoms with Crippen molar-refractivity contribution in [2.45, 2.75) is 11.4 Å². The zero-order valence-corrected chi connectivity index (χ0v) is 17.5. The van der Waals surface area contributed by atoms with E-state index in [0.717, 1.165) is 27.7 Å². The Balaban J connectivity index is 1.46. The number of carbonyl (C=O) groups is 2. The predicted octanol–water partition coefficient (Wildman–Crippen LogP) is 3.28. The number of benzene rings is 2. The lowest BCUT2D eigenvalue weighted by molar-refractivity contribution is -0.122. The first-order chi connectivity index (χ1) is 14.7. The number of methoxy groups -OCH3 is 1. The van der Waals surface area contributed by atoms with Gasteiger partial charge in [-0.05, 0) is 48.4 Å². The fourth-order valence-corrected chi connectivity index (χ4v) is 4.37. The van der Waals surface area contributed by atoms with Gasteiger partial charge in [0.2, 0.25) is 11.8 Å². The number of rotatable bonds is 6. The number of carbonyl (C=O) groups excluding carboxylic acids is 2. The van der Waals surface area contributed by atoms with Crippen molar-refractivity contribution in [3.8, 4) is 11.4 Å². The van der Waals surface area contributed by atoms with Crippen molar-refractivity contribution < 1.29 is 14.3 Å². The molecule has 3 aromatic rings. The number of nitrogens with one attached hydrogen (secondary N) is 1. The molecule has 1 aromatic heterocycles. The molecule has 0 saturated heterocycles. The Bertz CT molecular complexity index is 1060. The van der Waals surface area contributed by atoms with Crippen LogP contribution in [0.3, 0.4) is 0 Å². The first-order valence-electron chi connectivity index (χ1n) is 9.75. The van der Waals surface area contributed by atoms with Gasteiger partial charge in [-0.3, -0.25) is 9.59 Å². The second-order valence-electron chi connectivity index (χ2n) is 6.93. The second kappa shape index (κ2) is 9.09. The van der Waals surface area contributed by atoms with Crippen LogP contribution in [0.5, 0.6) is 5.75 Å². The number of aromatic nitrogens is 1. The molecule has 0 atom stereocenters. The highest BCUT2D eigenvalue weighted by Gasteiger charge is 2.25. The number of fused-ring (bicyclic) bond motifs is 3. The summed E-state index contributed by atoms with van der Waals surface area (Å²) in [5.41, 5.74) is 2.71. The summed E-state index contributed by atoms with van der Waals surface area (Å²) in [5.74, 6) is 0.820. The van der Waals surface area contributed by atoms with Gasteiger partial charge in [-0.15, -0.1) is 0 Å². The highest BCUT2D eigenvalue weighted by molar-refractivity contribution is 7.99. The average molecular weight is 422 g/mol.